The SMILES string of the molecule is C[C@H](Nc1ccc(Cl)cc1)C(=O)NC1CCCCC1. The van der Waals surface area contributed by atoms with E-state index in [0.29, 0.717) is 11.1 Å². The third-order valence-electron chi connectivity index (χ3n) is 3.57. The number of carbonyl (C=O) groups excluding carboxylic acids is 1. The smallest absolute Gasteiger partial charge is 0.242 e. The Morgan fingerprint density at radius 3 is 2.47 bits per heavy atom. The topological polar surface area (TPSA) is 41.1 Å². The number of rotatable bonds is 4. The Morgan fingerprint density at radius 1 is 1.21 bits per heavy atom. The van der Waals surface area contributed by atoms with Gasteiger partial charge in [0.05, 0.1) is 0 Å². The maximum Gasteiger partial charge on any atom is 0.242 e. The molecule has 1 aromatic carbocycles. The zero-order valence-corrected chi connectivity index (χ0v) is 12.0. The average molecular weight is 281 g/mol. The molecule has 1 saturated carbocycles. The van der Waals surface area contributed by atoms with Crippen LogP contribution in [0.5, 0.6) is 0 Å². The number of anilines is 1. The molecule has 0 aliphatic heterocycles. The fraction of sp³-hybridized carbons (Fsp3) is 0.533. The second-order valence-corrected chi connectivity index (χ2v) is 5.65. The second kappa shape index (κ2) is 6.80. The summed E-state index contributed by atoms with van der Waals surface area (Å²) in [5.74, 6) is 0.0712. The fourth-order valence-corrected chi connectivity index (χ4v) is 2.56. The lowest BCUT2D eigenvalue weighted by molar-refractivity contribution is -0.122. The van der Waals surface area contributed by atoms with Gasteiger partial charge in [-0.1, -0.05) is 30.9 Å². The van der Waals surface area contributed by atoms with Crippen molar-refractivity contribution in [2.75, 3.05) is 5.32 Å². The maximum atomic E-state index is 12.1. The van der Waals surface area contributed by atoms with Crippen LogP contribution in [0.1, 0.15) is 39.0 Å². The van der Waals surface area contributed by atoms with Gasteiger partial charge in [-0.15, -0.1) is 0 Å². The van der Waals surface area contributed by atoms with E-state index in [2.05, 4.69) is 10.6 Å². The highest BCUT2D eigenvalue weighted by Gasteiger charge is 2.19. The summed E-state index contributed by atoms with van der Waals surface area (Å²) in [5.41, 5.74) is 0.913. The van der Waals surface area contributed by atoms with E-state index in [9.17, 15) is 4.79 Å². The lowest BCUT2D eigenvalue weighted by Gasteiger charge is -2.25. The highest BCUT2D eigenvalue weighted by Crippen LogP contribution is 2.18. The van der Waals surface area contributed by atoms with Crippen LogP contribution in [0.4, 0.5) is 5.69 Å². The van der Waals surface area contributed by atoms with Crippen molar-refractivity contribution in [3.8, 4) is 0 Å². The summed E-state index contributed by atoms with van der Waals surface area (Å²) >= 11 is 5.83. The summed E-state index contributed by atoms with van der Waals surface area (Å²) in [6, 6.07) is 7.52. The molecule has 0 aromatic heterocycles. The Morgan fingerprint density at radius 2 is 1.84 bits per heavy atom. The molecule has 19 heavy (non-hydrogen) atoms. The molecular formula is C15H21ClN2O. The lowest BCUT2D eigenvalue weighted by atomic mass is 9.95. The molecule has 0 saturated heterocycles. The van der Waals surface area contributed by atoms with E-state index in [1.165, 1.54) is 19.3 Å². The summed E-state index contributed by atoms with van der Waals surface area (Å²) in [4.78, 5) is 12.1. The van der Waals surface area contributed by atoms with Crippen LogP contribution in [-0.4, -0.2) is 18.0 Å². The number of halogens is 1. The number of hydrogen-bond donors (Lipinski definition) is 2. The predicted octanol–water partition coefficient (Wildman–Crippen LogP) is 3.59. The molecule has 1 aromatic rings. The molecule has 0 unspecified atom stereocenters. The monoisotopic (exact) mass is 280 g/mol. The highest BCUT2D eigenvalue weighted by molar-refractivity contribution is 6.30. The van der Waals surface area contributed by atoms with Crippen LogP contribution in [0.25, 0.3) is 0 Å². The van der Waals surface area contributed by atoms with E-state index in [-0.39, 0.29) is 11.9 Å². The zero-order valence-electron chi connectivity index (χ0n) is 11.3. The van der Waals surface area contributed by atoms with Gasteiger partial charge in [0, 0.05) is 16.8 Å². The van der Waals surface area contributed by atoms with Crippen molar-refractivity contribution in [3.63, 3.8) is 0 Å². The van der Waals surface area contributed by atoms with Gasteiger partial charge in [-0.25, -0.2) is 0 Å². The first-order valence-corrected chi connectivity index (χ1v) is 7.35. The first kappa shape index (κ1) is 14.2. The van der Waals surface area contributed by atoms with E-state index in [4.69, 9.17) is 11.6 Å². The Balaban J connectivity index is 1.83. The largest absolute Gasteiger partial charge is 0.374 e. The van der Waals surface area contributed by atoms with Crippen molar-refractivity contribution >= 4 is 23.2 Å². The molecule has 1 fully saturated rings. The van der Waals surface area contributed by atoms with E-state index in [0.717, 1.165) is 18.5 Å². The van der Waals surface area contributed by atoms with Crippen molar-refractivity contribution in [1.29, 1.82) is 0 Å². The van der Waals surface area contributed by atoms with E-state index >= 15 is 0 Å². The first-order chi connectivity index (χ1) is 9.15. The summed E-state index contributed by atoms with van der Waals surface area (Å²) in [5, 5.41) is 7.01. The molecular weight excluding hydrogens is 260 g/mol. The predicted molar refractivity (Wildman–Crippen MR) is 79.6 cm³/mol. The van der Waals surface area contributed by atoms with Crippen molar-refractivity contribution < 1.29 is 4.79 Å². The van der Waals surface area contributed by atoms with Crippen LogP contribution in [0.15, 0.2) is 24.3 Å². The second-order valence-electron chi connectivity index (χ2n) is 5.22. The molecule has 0 bridgehead atoms. The molecule has 104 valence electrons. The van der Waals surface area contributed by atoms with Crippen LogP contribution >= 0.6 is 11.6 Å². The van der Waals surface area contributed by atoms with Crippen molar-refractivity contribution in [3.05, 3.63) is 29.3 Å². The van der Waals surface area contributed by atoms with Gasteiger partial charge in [-0.2, -0.15) is 0 Å². The molecule has 1 atom stereocenters. The Kier molecular flexibility index (Phi) is 5.08. The van der Waals surface area contributed by atoms with E-state index in [1.807, 2.05) is 31.2 Å². The number of benzene rings is 1. The molecule has 2 rings (SSSR count). The molecule has 0 spiro atoms. The summed E-state index contributed by atoms with van der Waals surface area (Å²) in [6.45, 7) is 1.88. The molecule has 0 radical (unpaired) electrons. The minimum atomic E-state index is -0.233. The van der Waals surface area contributed by atoms with Gasteiger partial charge in [0.2, 0.25) is 5.91 Å². The molecule has 1 aliphatic carbocycles. The Labute approximate surface area is 119 Å². The van der Waals surface area contributed by atoms with Crippen LogP contribution in [0, 0.1) is 0 Å². The van der Waals surface area contributed by atoms with Crippen LogP contribution in [0.3, 0.4) is 0 Å². The maximum absolute atomic E-state index is 12.1. The van der Waals surface area contributed by atoms with Gasteiger partial charge in [-0.3, -0.25) is 4.79 Å². The molecule has 0 heterocycles. The molecule has 2 N–H and O–H groups in total. The number of carbonyl (C=O) groups is 1. The Bertz CT molecular complexity index is 413. The Hall–Kier alpha value is -1.22. The fourth-order valence-electron chi connectivity index (χ4n) is 2.43. The van der Waals surface area contributed by atoms with Crippen LogP contribution < -0.4 is 10.6 Å². The normalized spacial score (nSPS) is 17.8. The molecule has 4 heteroatoms. The van der Waals surface area contributed by atoms with Gasteiger partial charge in [-0.05, 0) is 44.0 Å². The number of hydrogen-bond acceptors (Lipinski definition) is 2. The summed E-state index contributed by atoms with van der Waals surface area (Å²) < 4.78 is 0. The highest BCUT2D eigenvalue weighted by atomic mass is 35.5. The van der Waals surface area contributed by atoms with Crippen molar-refractivity contribution in [1.82, 2.24) is 5.32 Å². The molecule has 3 nitrogen and oxygen atoms in total. The van der Waals surface area contributed by atoms with Crippen molar-refractivity contribution in [2.45, 2.75) is 51.1 Å². The molecule has 1 aliphatic rings. The number of amides is 1. The summed E-state index contributed by atoms with van der Waals surface area (Å²) in [6.07, 6.45) is 5.97. The summed E-state index contributed by atoms with van der Waals surface area (Å²) in [7, 11) is 0. The minimum absolute atomic E-state index is 0.0712. The van der Waals surface area contributed by atoms with Gasteiger partial charge in [0.25, 0.3) is 0 Å². The third kappa shape index (κ3) is 4.43. The third-order valence-corrected chi connectivity index (χ3v) is 3.82. The molecule has 1 amide bonds. The standard InChI is InChI=1S/C15H21ClN2O/c1-11(17-14-9-7-12(16)8-10-14)15(19)18-13-5-3-2-4-6-13/h7-11,13,17H,2-6H2,1H3,(H,18,19)/t11-/m0/s1. The zero-order chi connectivity index (χ0) is 13.7. The quantitative estimate of drug-likeness (QED) is 0.885. The van der Waals surface area contributed by atoms with Crippen LogP contribution in [0.2, 0.25) is 5.02 Å². The first-order valence-electron chi connectivity index (χ1n) is 6.97. The van der Waals surface area contributed by atoms with Gasteiger partial charge >= 0.3 is 0 Å². The van der Waals surface area contributed by atoms with E-state index < -0.39 is 0 Å². The van der Waals surface area contributed by atoms with Gasteiger partial charge in [0.1, 0.15) is 6.04 Å². The van der Waals surface area contributed by atoms with Gasteiger partial charge < -0.3 is 10.6 Å². The lowest BCUT2D eigenvalue weighted by Crippen LogP contribution is -2.43. The van der Waals surface area contributed by atoms with E-state index in [1.54, 1.807) is 0 Å². The average Bonchev–Trinajstić information content (AvgIpc) is 2.42. The van der Waals surface area contributed by atoms with Crippen molar-refractivity contribution in [2.24, 2.45) is 0 Å². The van der Waals surface area contributed by atoms with Crippen LogP contribution in [-0.2, 0) is 4.79 Å². The minimum Gasteiger partial charge on any atom is -0.374 e. The van der Waals surface area contributed by atoms with Gasteiger partial charge in [0.15, 0.2) is 0 Å². The number of nitrogens with one attached hydrogen (secondary N) is 2.